The zero-order chi connectivity index (χ0) is 14.0. The monoisotopic (exact) mass is 275 g/mol. The molecule has 1 aromatic heterocycles. The fourth-order valence-electron chi connectivity index (χ4n) is 1.60. The molecule has 0 amide bonds. The SMILES string of the molecule is Cc1ccc(C(=N)N)c(Oc2cc(Cl)ccc2C)n1. The van der Waals surface area contributed by atoms with E-state index in [9.17, 15) is 0 Å². The fraction of sp³-hybridized carbons (Fsp3) is 0.143. The Morgan fingerprint density at radius 1 is 1.26 bits per heavy atom. The normalized spacial score (nSPS) is 10.3. The Morgan fingerprint density at radius 3 is 2.68 bits per heavy atom. The zero-order valence-electron chi connectivity index (χ0n) is 10.7. The summed E-state index contributed by atoms with van der Waals surface area (Å²) in [6, 6.07) is 8.87. The maximum Gasteiger partial charge on any atom is 0.230 e. The van der Waals surface area contributed by atoms with Crippen molar-refractivity contribution in [1.82, 2.24) is 4.98 Å². The average molecular weight is 276 g/mol. The molecule has 0 radical (unpaired) electrons. The summed E-state index contributed by atoms with van der Waals surface area (Å²) in [5.74, 6) is 0.841. The van der Waals surface area contributed by atoms with Gasteiger partial charge in [0.05, 0.1) is 5.56 Å². The Balaban J connectivity index is 2.45. The van der Waals surface area contributed by atoms with Crippen molar-refractivity contribution in [2.24, 2.45) is 5.73 Å². The number of aryl methyl sites for hydroxylation is 2. The first-order valence-electron chi connectivity index (χ1n) is 5.73. The molecule has 2 aromatic rings. The lowest BCUT2D eigenvalue weighted by atomic mass is 10.2. The summed E-state index contributed by atoms with van der Waals surface area (Å²) in [4.78, 5) is 4.27. The van der Waals surface area contributed by atoms with Gasteiger partial charge in [0, 0.05) is 10.7 Å². The van der Waals surface area contributed by atoms with E-state index in [1.54, 1.807) is 24.3 Å². The number of pyridine rings is 1. The molecule has 0 aliphatic rings. The Hall–Kier alpha value is -2.07. The van der Waals surface area contributed by atoms with Crippen LogP contribution < -0.4 is 10.5 Å². The summed E-state index contributed by atoms with van der Waals surface area (Å²) in [7, 11) is 0. The van der Waals surface area contributed by atoms with Gasteiger partial charge in [0.15, 0.2) is 0 Å². The van der Waals surface area contributed by atoms with E-state index < -0.39 is 0 Å². The molecule has 0 saturated carbocycles. The number of nitrogens with zero attached hydrogens (tertiary/aromatic N) is 1. The van der Waals surface area contributed by atoms with Crippen LogP contribution in [0.15, 0.2) is 30.3 Å². The molecular weight excluding hydrogens is 262 g/mol. The van der Waals surface area contributed by atoms with Crippen molar-refractivity contribution >= 4 is 17.4 Å². The number of amidine groups is 1. The van der Waals surface area contributed by atoms with E-state index in [0.29, 0.717) is 22.2 Å². The summed E-state index contributed by atoms with van der Waals surface area (Å²) >= 11 is 5.95. The van der Waals surface area contributed by atoms with Gasteiger partial charge in [0.25, 0.3) is 0 Å². The van der Waals surface area contributed by atoms with Crippen LogP contribution in [0, 0.1) is 19.3 Å². The number of hydrogen-bond donors (Lipinski definition) is 2. The number of nitrogen functional groups attached to an aromatic ring is 1. The quantitative estimate of drug-likeness (QED) is 0.666. The number of halogens is 1. The smallest absolute Gasteiger partial charge is 0.230 e. The second kappa shape index (κ2) is 5.28. The molecule has 0 aliphatic heterocycles. The van der Waals surface area contributed by atoms with Crippen molar-refractivity contribution in [2.75, 3.05) is 0 Å². The van der Waals surface area contributed by atoms with Gasteiger partial charge < -0.3 is 10.5 Å². The number of benzene rings is 1. The van der Waals surface area contributed by atoms with Crippen molar-refractivity contribution in [2.45, 2.75) is 13.8 Å². The third-order valence-electron chi connectivity index (χ3n) is 2.65. The van der Waals surface area contributed by atoms with Crippen LogP contribution in [0.1, 0.15) is 16.8 Å². The van der Waals surface area contributed by atoms with Gasteiger partial charge in [-0.1, -0.05) is 17.7 Å². The van der Waals surface area contributed by atoms with Crippen LogP contribution >= 0.6 is 11.6 Å². The summed E-state index contributed by atoms with van der Waals surface area (Å²) < 4.78 is 5.75. The highest BCUT2D eigenvalue weighted by atomic mass is 35.5. The molecule has 0 unspecified atom stereocenters. The molecule has 0 bridgehead atoms. The lowest BCUT2D eigenvalue weighted by Gasteiger charge is -2.12. The number of rotatable bonds is 3. The molecule has 5 heteroatoms. The minimum atomic E-state index is -0.0813. The third kappa shape index (κ3) is 3.03. The molecule has 1 aromatic carbocycles. The Labute approximate surface area is 116 Å². The van der Waals surface area contributed by atoms with E-state index in [1.165, 1.54) is 0 Å². The highest BCUT2D eigenvalue weighted by Crippen LogP contribution is 2.28. The summed E-state index contributed by atoms with van der Waals surface area (Å²) in [5, 5.41) is 8.12. The third-order valence-corrected chi connectivity index (χ3v) is 2.88. The molecule has 0 spiro atoms. The van der Waals surface area contributed by atoms with Crippen LogP contribution in [0.3, 0.4) is 0 Å². The molecule has 2 rings (SSSR count). The highest BCUT2D eigenvalue weighted by Gasteiger charge is 2.11. The van der Waals surface area contributed by atoms with E-state index >= 15 is 0 Å². The number of nitrogens with one attached hydrogen (secondary N) is 1. The number of aromatic nitrogens is 1. The molecule has 98 valence electrons. The summed E-state index contributed by atoms with van der Waals surface area (Å²) in [6.07, 6.45) is 0. The first-order chi connectivity index (χ1) is 8.97. The van der Waals surface area contributed by atoms with E-state index in [0.717, 1.165) is 11.3 Å². The van der Waals surface area contributed by atoms with Gasteiger partial charge in [-0.3, -0.25) is 5.41 Å². The molecular formula is C14H14ClN3O. The summed E-state index contributed by atoms with van der Waals surface area (Å²) in [5.41, 5.74) is 7.71. The summed E-state index contributed by atoms with van der Waals surface area (Å²) in [6.45, 7) is 3.76. The molecule has 0 atom stereocenters. The van der Waals surface area contributed by atoms with Gasteiger partial charge in [-0.05, 0) is 43.7 Å². The van der Waals surface area contributed by atoms with Crippen LogP contribution in [0.25, 0.3) is 0 Å². The van der Waals surface area contributed by atoms with E-state index in [4.69, 9.17) is 27.5 Å². The molecule has 1 heterocycles. The average Bonchev–Trinajstić information content (AvgIpc) is 2.33. The second-order valence-electron chi connectivity index (χ2n) is 4.23. The zero-order valence-corrected chi connectivity index (χ0v) is 11.5. The standard InChI is InChI=1S/C14H14ClN3O/c1-8-3-5-10(15)7-12(8)19-14-11(13(16)17)6-4-9(2)18-14/h3-7H,1-2H3,(H3,16,17). The molecule has 3 N–H and O–H groups in total. The number of ether oxygens (including phenoxy) is 1. The van der Waals surface area contributed by atoms with E-state index in [-0.39, 0.29) is 5.84 Å². The molecule has 0 aliphatic carbocycles. The van der Waals surface area contributed by atoms with E-state index in [1.807, 2.05) is 19.9 Å². The van der Waals surface area contributed by atoms with Crippen LogP contribution in [0.4, 0.5) is 0 Å². The largest absolute Gasteiger partial charge is 0.438 e. The van der Waals surface area contributed by atoms with Crippen molar-refractivity contribution in [3.63, 3.8) is 0 Å². The van der Waals surface area contributed by atoms with Gasteiger partial charge in [0.1, 0.15) is 11.6 Å². The number of nitrogens with two attached hydrogens (primary N) is 1. The van der Waals surface area contributed by atoms with Crippen LogP contribution in [-0.4, -0.2) is 10.8 Å². The molecule has 0 fully saturated rings. The number of hydrogen-bond acceptors (Lipinski definition) is 3. The van der Waals surface area contributed by atoms with Gasteiger partial charge in [-0.2, -0.15) is 0 Å². The topological polar surface area (TPSA) is 72.0 Å². The highest BCUT2D eigenvalue weighted by molar-refractivity contribution is 6.30. The van der Waals surface area contributed by atoms with E-state index in [2.05, 4.69) is 4.98 Å². The molecule has 0 saturated heterocycles. The first-order valence-corrected chi connectivity index (χ1v) is 6.11. The van der Waals surface area contributed by atoms with Gasteiger partial charge >= 0.3 is 0 Å². The fourth-order valence-corrected chi connectivity index (χ4v) is 1.77. The Morgan fingerprint density at radius 2 is 2.00 bits per heavy atom. The first kappa shape index (κ1) is 13.4. The lowest BCUT2D eigenvalue weighted by molar-refractivity contribution is 0.457. The van der Waals surface area contributed by atoms with Crippen molar-refractivity contribution in [1.29, 1.82) is 5.41 Å². The minimum absolute atomic E-state index is 0.0813. The van der Waals surface area contributed by atoms with Crippen molar-refractivity contribution in [3.8, 4) is 11.6 Å². The minimum Gasteiger partial charge on any atom is -0.438 e. The van der Waals surface area contributed by atoms with Crippen molar-refractivity contribution in [3.05, 3.63) is 52.2 Å². The lowest BCUT2D eigenvalue weighted by Crippen LogP contribution is -2.13. The predicted octanol–water partition coefficient (Wildman–Crippen LogP) is 3.43. The predicted molar refractivity (Wildman–Crippen MR) is 76.3 cm³/mol. The van der Waals surface area contributed by atoms with Crippen LogP contribution in [-0.2, 0) is 0 Å². The Bertz CT molecular complexity index is 641. The van der Waals surface area contributed by atoms with Gasteiger partial charge in [-0.25, -0.2) is 4.98 Å². The Kier molecular flexibility index (Phi) is 3.71. The van der Waals surface area contributed by atoms with Gasteiger partial charge in [0.2, 0.25) is 5.88 Å². The molecule has 4 nitrogen and oxygen atoms in total. The maximum atomic E-state index is 7.54. The maximum absolute atomic E-state index is 7.54. The van der Waals surface area contributed by atoms with Crippen LogP contribution in [0.2, 0.25) is 5.02 Å². The van der Waals surface area contributed by atoms with Crippen molar-refractivity contribution < 1.29 is 4.74 Å². The molecule has 19 heavy (non-hydrogen) atoms. The van der Waals surface area contributed by atoms with Gasteiger partial charge in [-0.15, -0.1) is 0 Å². The second-order valence-corrected chi connectivity index (χ2v) is 4.67. The van der Waals surface area contributed by atoms with Crippen LogP contribution in [0.5, 0.6) is 11.6 Å².